The summed E-state index contributed by atoms with van der Waals surface area (Å²) < 4.78 is 5.76. The molecule has 0 aromatic heterocycles. The van der Waals surface area contributed by atoms with E-state index >= 15 is 0 Å². The van der Waals surface area contributed by atoms with Gasteiger partial charge in [-0.25, -0.2) is 0 Å². The molecule has 3 saturated carbocycles. The van der Waals surface area contributed by atoms with Crippen LogP contribution in [0.15, 0.2) is 11.6 Å². The highest BCUT2D eigenvalue weighted by molar-refractivity contribution is 5.91. The van der Waals surface area contributed by atoms with Gasteiger partial charge in [0.1, 0.15) is 6.10 Å². The lowest BCUT2D eigenvalue weighted by molar-refractivity contribution is -0.150. The maximum Gasteiger partial charge on any atom is 0.306 e. The number of ether oxygens (including phenoxy) is 1. The van der Waals surface area contributed by atoms with Crippen molar-refractivity contribution in [3.8, 4) is 0 Å². The van der Waals surface area contributed by atoms with Gasteiger partial charge in [0.2, 0.25) is 0 Å². The van der Waals surface area contributed by atoms with E-state index in [1.165, 1.54) is 31.3 Å². The topological polar surface area (TPSA) is 43.4 Å². The van der Waals surface area contributed by atoms with Gasteiger partial charge in [0.25, 0.3) is 0 Å². The molecule has 0 radical (unpaired) electrons. The molecule has 23 heavy (non-hydrogen) atoms. The van der Waals surface area contributed by atoms with Crippen molar-refractivity contribution in [2.24, 2.45) is 35.0 Å². The van der Waals surface area contributed by atoms with Gasteiger partial charge in [-0.15, -0.1) is 0 Å². The first-order chi connectivity index (χ1) is 11.1. The Morgan fingerprint density at radius 1 is 1.13 bits per heavy atom. The number of fused-ring (bicyclic) bond motifs is 7. The van der Waals surface area contributed by atoms with E-state index in [4.69, 9.17) is 4.74 Å². The quantitative estimate of drug-likeness (QED) is 0.641. The average molecular weight is 314 g/mol. The number of rotatable bonds is 0. The Balaban J connectivity index is 1.45. The Labute approximate surface area is 137 Å². The van der Waals surface area contributed by atoms with Gasteiger partial charge in [-0.2, -0.15) is 0 Å². The minimum atomic E-state index is 0.0291. The number of esters is 1. The van der Waals surface area contributed by atoms with Gasteiger partial charge in [-0.05, 0) is 68.3 Å². The summed E-state index contributed by atoms with van der Waals surface area (Å²) in [6.45, 7) is 2.40. The molecule has 4 fully saturated rings. The maximum atomic E-state index is 11.7. The van der Waals surface area contributed by atoms with Crippen LogP contribution in [0.4, 0.5) is 0 Å². The molecule has 1 saturated heterocycles. The predicted octanol–water partition coefficient (Wildman–Crippen LogP) is 3.67. The van der Waals surface area contributed by atoms with Crippen molar-refractivity contribution in [1.82, 2.24) is 0 Å². The van der Waals surface area contributed by atoms with Gasteiger partial charge in [0.05, 0.1) is 6.42 Å². The van der Waals surface area contributed by atoms with Crippen LogP contribution in [0.5, 0.6) is 0 Å². The molecule has 0 unspecified atom stereocenters. The van der Waals surface area contributed by atoms with Gasteiger partial charge in [-0.1, -0.05) is 12.5 Å². The third kappa shape index (κ3) is 1.88. The molecular formula is C20H26O3. The third-order valence-electron chi connectivity index (χ3n) is 8.06. The number of carbonyl (C=O) groups is 2. The molecule has 1 heterocycles. The number of carbonyl (C=O) groups excluding carboxylic acids is 2. The van der Waals surface area contributed by atoms with E-state index in [-0.39, 0.29) is 17.5 Å². The molecule has 0 aromatic rings. The van der Waals surface area contributed by atoms with Crippen LogP contribution < -0.4 is 0 Å². The van der Waals surface area contributed by atoms with Crippen molar-refractivity contribution >= 4 is 11.8 Å². The SMILES string of the molecule is C[C@]12CC[C@H]3[C@H](CCC4=CC(=O)CC[C@H]43)[C@@H]1C[C@@H]1CC(=O)O[C@@H]12. The van der Waals surface area contributed by atoms with E-state index in [2.05, 4.69) is 6.92 Å². The summed E-state index contributed by atoms with van der Waals surface area (Å²) in [6.07, 6.45) is 10.7. The van der Waals surface area contributed by atoms with E-state index in [1.54, 1.807) is 0 Å². The normalized spacial score (nSPS) is 51.3. The number of allylic oxidation sites excluding steroid dienone is 1. The first kappa shape index (κ1) is 14.2. The van der Waals surface area contributed by atoms with Crippen LogP contribution in [0, 0.1) is 35.0 Å². The lowest BCUT2D eigenvalue weighted by Crippen LogP contribution is -2.48. The van der Waals surface area contributed by atoms with E-state index in [0.717, 1.165) is 37.0 Å². The molecule has 4 aliphatic carbocycles. The molecule has 5 rings (SSSR count). The van der Waals surface area contributed by atoms with Gasteiger partial charge in [0, 0.05) is 17.8 Å². The van der Waals surface area contributed by atoms with Gasteiger partial charge in [0.15, 0.2) is 5.78 Å². The van der Waals surface area contributed by atoms with Crippen molar-refractivity contribution in [3.63, 3.8) is 0 Å². The molecule has 0 bridgehead atoms. The summed E-state index contributed by atoms with van der Waals surface area (Å²) in [5, 5.41) is 0. The predicted molar refractivity (Wildman–Crippen MR) is 85.5 cm³/mol. The van der Waals surface area contributed by atoms with Crippen molar-refractivity contribution in [3.05, 3.63) is 11.6 Å². The van der Waals surface area contributed by atoms with Crippen molar-refractivity contribution in [1.29, 1.82) is 0 Å². The summed E-state index contributed by atoms with van der Waals surface area (Å²) in [6, 6.07) is 0. The highest BCUT2D eigenvalue weighted by atomic mass is 16.6. The van der Waals surface area contributed by atoms with Crippen LogP contribution >= 0.6 is 0 Å². The smallest absolute Gasteiger partial charge is 0.306 e. The summed E-state index contributed by atoms with van der Waals surface area (Å²) in [7, 11) is 0. The Kier molecular flexibility index (Phi) is 2.91. The lowest BCUT2D eigenvalue weighted by atomic mass is 9.52. The molecule has 124 valence electrons. The second-order valence-corrected chi connectivity index (χ2v) is 8.96. The monoisotopic (exact) mass is 314 g/mol. The zero-order valence-corrected chi connectivity index (χ0v) is 13.9. The van der Waals surface area contributed by atoms with Gasteiger partial charge in [-0.3, -0.25) is 9.59 Å². The summed E-state index contributed by atoms with van der Waals surface area (Å²) >= 11 is 0. The van der Waals surface area contributed by atoms with Crippen molar-refractivity contribution in [2.75, 3.05) is 0 Å². The molecule has 3 nitrogen and oxygen atoms in total. The summed E-state index contributed by atoms with van der Waals surface area (Å²) in [5.74, 6) is 3.80. The van der Waals surface area contributed by atoms with Crippen LogP contribution in [0.2, 0.25) is 0 Å². The fraction of sp³-hybridized carbons (Fsp3) is 0.800. The lowest BCUT2D eigenvalue weighted by Gasteiger charge is -2.53. The van der Waals surface area contributed by atoms with Gasteiger partial charge < -0.3 is 4.74 Å². The molecule has 0 amide bonds. The molecule has 0 N–H and O–H groups in total. The Morgan fingerprint density at radius 3 is 2.87 bits per heavy atom. The first-order valence-electron chi connectivity index (χ1n) is 9.49. The second kappa shape index (κ2) is 4.70. The Bertz CT molecular complexity index is 606. The first-order valence-corrected chi connectivity index (χ1v) is 9.49. The molecule has 0 spiro atoms. The van der Waals surface area contributed by atoms with Crippen LogP contribution in [0.3, 0.4) is 0 Å². The zero-order valence-electron chi connectivity index (χ0n) is 13.9. The average Bonchev–Trinajstić information content (AvgIpc) is 3.02. The van der Waals surface area contributed by atoms with Crippen molar-refractivity contribution in [2.45, 2.75) is 64.4 Å². The minimum absolute atomic E-state index is 0.0291. The summed E-state index contributed by atoms with van der Waals surface area (Å²) in [5.41, 5.74) is 1.67. The number of hydrogen-bond acceptors (Lipinski definition) is 3. The molecule has 3 heteroatoms. The second-order valence-electron chi connectivity index (χ2n) is 8.96. The number of hydrogen-bond donors (Lipinski definition) is 0. The third-order valence-corrected chi connectivity index (χ3v) is 8.06. The van der Waals surface area contributed by atoms with Crippen LogP contribution in [0.25, 0.3) is 0 Å². The fourth-order valence-electron chi connectivity index (χ4n) is 7.14. The molecule has 0 aromatic carbocycles. The van der Waals surface area contributed by atoms with Crippen LogP contribution in [0.1, 0.15) is 58.3 Å². The zero-order chi connectivity index (χ0) is 15.8. The van der Waals surface area contributed by atoms with E-state index in [9.17, 15) is 9.59 Å². The van der Waals surface area contributed by atoms with E-state index in [0.29, 0.717) is 24.0 Å². The number of ketones is 1. The Morgan fingerprint density at radius 2 is 2.00 bits per heavy atom. The molecule has 7 atom stereocenters. The maximum absolute atomic E-state index is 11.7. The van der Waals surface area contributed by atoms with E-state index < -0.39 is 0 Å². The standard InChI is InChI=1S/C20H26O3/c1-20-7-6-15-14-5-3-13(21)8-11(14)2-4-16(15)17(20)9-12-10-18(22)23-19(12)20/h8,12,14-17,19H,2-7,9-10H2,1H3/t12-,14-,15-,16+,17+,19+,20+/m1/s1. The molecule has 5 aliphatic rings. The highest BCUT2D eigenvalue weighted by Crippen LogP contribution is 2.65. The molecule has 1 aliphatic heterocycles. The highest BCUT2D eigenvalue weighted by Gasteiger charge is 2.62. The largest absolute Gasteiger partial charge is 0.461 e. The van der Waals surface area contributed by atoms with Crippen LogP contribution in [-0.2, 0) is 14.3 Å². The molecular weight excluding hydrogens is 288 g/mol. The van der Waals surface area contributed by atoms with Crippen molar-refractivity contribution < 1.29 is 14.3 Å². The summed E-state index contributed by atoms with van der Waals surface area (Å²) in [4.78, 5) is 23.5. The minimum Gasteiger partial charge on any atom is -0.461 e. The fourth-order valence-corrected chi connectivity index (χ4v) is 7.14. The van der Waals surface area contributed by atoms with E-state index in [1.807, 2.05) is 6.08 Å². The van der Waals surface area contributed by atoms with Gasteiger partial charge >= 0.3 is 5.97 Å². The van der Waals surface area contributed by atoms with Crippen LogP contribution in [-0.4, -0.2) is 17.9 Å². The Hall–Kier alpha value is -1.12.